The van der Waals surface area contributed by atoms with Crippen LogP contribution in [-0.2, 0) is 19.6 Å². The highest BCUT2D eigenvalue weighted by molar-refractivity contribution is 7.89. The summed E-state index contributed by atoms with van der Waals surface area (Å²) in [5.74, 6) is -0.527. The maximum absolute atomic E-state index is 13.0. The van der Waals surface area contributed by atoms with Gasteiger partial charge < -0.3 is 14.0 Å². The van der Waals surface area contributed by atoms with E-state index in [0.717, 1.165) is 0 Å². The summed E-state index contributed by atoms with van der Waals surface area (Å²) in [6.45, 7) is 5.33. The zero-order valence-corrected chi connectivity index (χ0v) is 19.6. The number of piperidine rings is 1. The fourth-order valence-corrected chi connectivity index (χ4v) is 5.42. The summed E-state index contributed by atoms with van der Waals surface area (Å²) in [6.07, 6.45) is 1.000. The van der Waals surface area contributed by atoms with Crippen molar-refractivity contribution in [2.75, 3.05) is 26.3 Å². The van der Waals surface area contributed by atoms with Gasteiger partial charge in [-0.1, -0.05) is 17.3 Å². The Kier molecular flexibility index (Phi) is 7.92. The molecule has 2 amide bonds. The Bertz CT molecular complexity index is 1080. The fraction of sp³-hybridized carbons (Fsp3) is 0.476. The number of para-hydroxylation sites is 2. The minimum Gasteiger partial charge on any atom is -0.490 e. The minimum absolute atomic E-state index is 0.00761. The van der Waals surface area contributed by atoms with Crippen molar-refractivity contribution >= 4 is 21.8 Å². The summed E-state index contributed by atoms with van der Waals surface area (Å²) < 4.78 is 43.2. The third-order valence-electron chi connectivity index (χ3n) is 5.15. The second-order valence-corrected chi connectivity index (χ2v) is 9.44. The van der Waals surface area contributed by atoms with Crippen molar-refractivity contribution in [1.29, 1.82) is 0 Å². The number of sulfonamides is 1. The van der Waals surface area contributed by atoms with Crippen LogP contribution in [0, 0.1) is 19.8 Å². The number of hydrogen-bond acceptors (Lipinski definition) is 8. The molecule has 2 N–H and O–H groups in total. The van der Waals surface area contributed by atoms with Crippen LogP contribution in [0.2, 0.25) is 0 Å². The Morgan fingerprint density at radius 1 is 1.18 bits per heavy atom. The summed E-state index contributed by atoms with van der Waals surface area (Å²) in [4.78, 5) is 24.7. The molecule has 0 saturated carbocycles. The number of nitrogens with zero attached hydrogens (tertiary/aromatic N) is 2. The van der Waals surface area contributed by atoms with Crippen LogP contribution in [0.15, 0.2) is 33.7 Å². The summed E-state index contributed by atoms with van der Waals surface area (Å²) in [5.41, 5.74) is 4.93. The zero-order valence-electron chi connectivity index (χ0n) is 18.8. The van der Waals surface area contributed by atoms with Gasteiger partial charge in [0.25, 0.3) is 5.91 Å². The molecule has 1 unspecified atom stereocenters. The topological polar surface area (TPSA) is 140 Å². The normalized spacial score (nSPS) is 16.8. The van der Waals surface area contributed by atoms with Crippen LogP contribution in [0.1, 0.15) is 31.2 Å². The molecule has 1 fully saturated rings. The third-order valence-corrected chi connectivity index (χ3v) is 7.26. The molecule has 33 heavy (non-hydrogen) atoms. The molecule has 1 aliphatic rings. The van der Waals surface area contributed by atoms with E-state index in [1.165, 1.54) is 11.2 Å². The van der Waals surface area contributed by atoms with Crippen LogP contribution in [0.5, 0.6) is 11.5 Å². The number of aryl methyl sites for hydroxylation is 2. The molecular formula is C21H28N4O7S. The number of ether oxygens (including phenoxy) is 2. The molecule has 12 heteroatoms. The van der Waals surface area contributed by atoms with Crippen LogP contribution in [0.25, 0.3) is 0 Å². The van der Waals surface area contributed by atoms with Gasteiger partial charge >= 0.3 is 0 Å². The average Bonchev–Trinajstić information content (AvgIpc) is 3.15. The summed E-state index contributed by atoms with van der Waals surface area (Å²) >= 11 is 0. The number of nitrogens with one attached hydrogen (secondary N) is 2. The first-order valence-electron chi connectivity index (χ1n) is 10.6. The smallest absolute Gasteiger partial charge is 0.276 e. The predicted octanol–water partition coefficient (Wildman–Crippen LogP) is 1.32. The second-order valence-electron chi connectivity index (χ2n) is 7.56. The van der Waals surface area contributed by atoms with E-state index in [4.69, 9.17) is 14.0 Å². The molecule has 0 bridgehead atoms. The summed E-state index contributed by atoms with van der Waals surface area (Å²) in [5, 5.41) is 3.71. The first-order valence-corrected chi connectivity index (χ1v) is 12.0. The number of amides is 2. The number of benzene rings is 1. The number of carbonyl (C=O) groups excluding carboxylic acids is 2. The molecule has 0 spiro atoms. The van der Waals surface area contributed by atoms with E-state index >= 15 is 0 Å². The van der Waals surface area contributed by atoms with E-state index in [-0.39, 0.29) is 36.0 Å². The van der Waals surface area contributed by atoms with Crippen molar-refractivity contribution in [2.24, 2.45) is 5.92 Å². The van der Waals surface area contributed by atoms with Crippen molar-refractivity contribution in [3.8, 4) is 11.5 Å². The molecule has 2 aromatic rings. The van der Waals surface area contributed by atoms with Crippen LogP contribution in [-0.4, -0.2) is 56.0 Å². The lowest BCUT2D eigenvalue weighted by atomic mass is 9.99. The SMILES string of the molecule is CCOc1ccccc1OCC(=O)NNC(=O)C1CCCN(S(=O)(=O)c2c(C)noc2C)C1. The lowest BCUT2D eigenvalue weighted by molar-refractivity contribution is -0.132. The molecule has 1 aromatic carbocycles. The van der Waals surface area contributed by atoms with Gasteiger partial charge in [0.15, 0.2) is 23.9 Å². The lowest BCUT2D eigenvalue weighted by Gasteiger charge is -2.31. The zero-order chi connectivity index (χ0) is 24.0. The van der Waals surface area contributed by atoms with Crippen molar-refractivity contribution in [1.82, 2.24) is 20.3 Å². The van der Waals surface area contributed by atoms with E-state index in [1.807, 2.05) is 6.92 Å². The van der Waals surface area contributed by atoms with Crippen LogP contribution in [0.3, 0.4) is 0 Å². The van der Waals surface area contributed by atoms with E-state index < -0.39 is 27.8 Å². The van der Waals surface area contributed by atoms with Gasteiger partial charge in [0.05, 0.1) is 12.5 Å². The predicted molar refractivity (Wildman–Crippen MR) is 117 cm³/mol. The Labute approximate surface area is 192 Å². The van der Waals surface area contributed by atoms with Gasteiger partial charge in [0.1, 0.15) is 10.6 Å². The molecular weight excluding hydrogens is 452 g/mol. The number of hydrogen-bond donors (Lipinski definition) is 2. The average molecular weight is 481 g/mol. The molecule has 0 aliphatic carbocycles. The molecule has 180 valence electrons. The van der Waals surface area contributed by atoms with E-state index in [0.29, 0.717) is 30.9 Å². The minimum atomic E-state index is -3.85. The third kappa shape index (κ3) is 5.82. The molecule has 0 radical (unpaired) electrons. The number of rotatable bonds is 8. The highest BCUT2D eigenvalue weighted by Gasteiger charge is 2.36. The van der Waals surface area contributed by atoms with Gasteiger partial charge in [-0.15, -0.1) is 0 Å². The molecule has 1 aliphatic heterocycles. The number of hydrazine groups is 1. The lowest BCUT2D eigenvalue weighted by Crippen LogP contribution is -2.50. The number of aromatic nitrogens is 1. The Balaban J connectivity index is 1.53. The summed E-state index contributed by atoms with van der Waals surface area (Å²) in [6, 6.07) is 6.94. The molecule has 1 saturated heterocycles. The molecule has 2 heterocycles. The van der Waals surface area contributed by atoms with Gasteiger partial charge in [-0.05, 0) is 45.7 Å². The van der Waals surface area contributed by atoms with Gasteiger partial charge in [-0.2, -0.15) is 4.31 Å². The standard InChI is InChI=1S/C21H28N4O7S/c1-4-30-17-9-5-6-10-18(17)31-13-19(26)22-23-21(27)16-8-7-11-25(12-16)33(28,29)20-14(2)24-32-15(20)3/h5-6,9-10,16H,4,7-8,11-13H2,1-3H3,(H,22,26)(H,23,27). The molecule has 1 aromatic heterocycles. The Morgan fingerprint density at radius 3 is 2.52 bits per heavy atom. The van der Waals surface area contributed by atoms with Crippen LogP contribution < -0.4 is 20.3 Å². The largest absolute Gasteiger partial charge is 0.490 e. The fourth-order valence-electron chi connectivity index (χ4n) is 3.60. The van der Waals surface area contributed by atoms with E-state index in [2.05, 4.69) is 16.0 Å². The summed E-state index contributed by atoms with van der Waals surface area (Å²) in [7, 11) is -3.85. The van der Waals surface area contributed by atoms with Gasteiger partial charge in [0, 0.05) is 13.1 Å². The quantitative estimate of drug-likeness (QED) is 0.539. The van der Waals surface area contributed by atoms with Crippen LogP contribution >= 0.6 is 0 Å². The van der Waals surface area contributed by atoms with Crippen LogP contribution in [0.4, 0.5) is 0 Å². The Morgan fingerprint density at radius 2 is 1.88 bits per heavy atom. The Hall–Kier alpha value is -3.12. The maximum Gasteiger partial charge on any atom is 0.276 e. The first-order chi connectivity index (χ1) is 15.7. The highest BCUT2D eigenvalue weighted by atomic mass is 32.2. The second kappa shape index (κ2) is 10.7. The first kappa shape index (κ1) is 24.5. The molecule has 3 rings (SSSR count). The van der Waals surface area contributed by atoms with Crippen molar-refractivity contribution in [3.63, 3.8) is 0 Å². The number of carbonyl (C=O) groups is 2. The van der Waals surface area contributed by atoms with Crippen molar-refractivity contribution in [3.05, 3.63) is 35.7 Å². The maximum atomic E-state index is 13.0. The van der Waals surface area contributed by atoms with Crippen molar-refractivity contribution < 1.29 is 32.0 Å². The van der Waals surface area contributed by atoms with E-state index in [1.54, 1.807) is 31.2 Å². The van der Waals surface area contributed by atoms with Crippen molar-refractivity contribution in [2.45, 2.75) is 38.5 Å². The molecule has 11 nitrogen and oxygen atoms in total. The molecule has 1 atom stereocenters. The monoisotopic (exact) mass is 480 g/mol. The van der Waals surface area contributed by atoms with Gasteiger partial charge in [-0.3, -0.25) is 20.4 Å². The highest BCUT2D eigenvalue weighted by Crippen LogP contribution is 2.28. The van der Waals surface area contributed by atoms with E-state index in [9.17, 15) is 18.0 Å². The van der Waals surface area contributed by atoms with Gasteiger partial charge in [0.2, 0.25) is 15.9 Å². The van der Waals surface area contributed by atoms with Gasteiger partial charge in [-0.25, -0.2) is 8.42 Å².